The van der Waals surface area contributed by atoms with E-state index >= 15 is 0 Å². The Morgan fingerprint density at radius 1 is 1.22 bits per heavy atom. The van der Waals surface area contributed by atoms with Crippen molar-refractivity contribution in [1.82, 2.24) is 14.7 Å². The highest BCUT2D eigenvalue weighted by atomic mass is 19.4. The fraction of sp³-hybridized carbons (Fsp3) is 0.706. The molecule has 2 rings (SSSR count). The fourth-order valence-corrected chi connectivity index (χ4v) is 2.90. The summed E-state index contributed by atoms with van der Waals surface area (Å²) in [6, 6.07) is 0. The van der Waals surface area contributed by atoms with Gasteiger partial charge < -0.3 is 14.4 Å². The second-order valence-corrected chi connectivity index (χ2v) is 7.39. The number of carbonyl (C=O) groups is 2. The van der Waals surface area contributed by atoms with Gasteiger partial charge in [0.25, 0.3) is 0 Å². The lowest BCUT2D eigenvalue weighted by Crippen LogP contribution is -2.56. The highest BCUT2D eigenvalue weighted by Gasteiger charge is 2.58. The predicted molar refractivity (Wildman–Crippen MR) is 89.3 cm³/mol. The molecule has 0 atom stereocenters. The summed E-state index contributed by atoms with van der Waals surface area (Å²) in [5.74, 6) is -0.729. The number of likely N-dealkylation sites (tertiary alicyclic amines) is 1. The van der Waals surface area contributed by atoms with E-state index in [9.17, 15) is 22.8 Å². The number of aromatic nitrogens is 2. The van der Waals surface area contributed by atoms with Crippen molar-refractivity contribution in [2.75, 3.05) is 19.7 Å². The van der Waals surface area contributed by atoms with Crippen LogP contribution in [-0.2, 0) is 15.0 Å². The molecule has 1 aliphatic rings. The van der Waals surface area contributed by atoms with Crippen LogP contribution >= 0.6 is 0 Å². The molecule has 0 aliphatic carbocycles. The van der Waals surface area contributed by atoms with Crippen LogP contribution in [0.3, 0.4) is 0 Å². The third-order valence-corrected chi connectivity index (χ3v) is 4.30. The molecular weight excluding hydrogens is 367 g/mol. The minimum atomic E-state index is -4.61. The lowest BCUT2D eigenvalue weighted by Gasteiger charge is -2.42. The molecule has 1 saturated heterocycles. The van der Waals surface area contributed by atoms with Crippen LogP contribution in [0.25, 0.3) is 0 Å². The minimum absolute atomic E-state index is 0.0463. The van der Waals surface area contributed by atoms with Gasteiger partial charge in [-0.2, -0.15) is 18.3 Å². The summed E-state index contributed by atoms with van der Waals surface area (Å²) in [6.07, 6.45) is -3.92. The Hall–Kier alpha value is -2.26. The second-order valence-electron chi connectivity index (χ2n) is 7.39. The van der Waals surface area contributed by atoms with Crippen molar-refractivity contribution in [2.45, 2.75) is 57.9 Å². The maximum absolute atomic E-state index is 13.9. The lowest BCUT2D eigenvalue weighted by atomic mass is 9.87. The number of esters is 1. The Balaban J connectivity index is 2.21. The van der Waals surface area contributed by atoms with Crippen LogP contribution in [0.4, 0.5) is 18.0 Å². The second kappa shape index (κ2) is 7.40. The summed E-state index contributed by atoms with van der Waals surface area (Å²) in [5.41, 5.74) is -3.07. The monoisotopic (exact) mass is 391 g/mol. The number of carbonyl (C=O) groups excluding carboxylic acids is 2. The fourth-order valence-electron chi connectivity index (χ4n) is 2.90. The molecule has 7 nitrogen and oxygen atoms in total. The number of nitrogens with zero attached hydrogens (tertiary/aromatic N) is 3. The highest BCUT2D eigenvalue weighted by Crippen LogP contribution is 2.44. The van der Waals surface area contributed by atoms with Crippen LogP contribution < -0.4 is 0 Å². The van der Waals surface area contributed by atoms with Crippen LogP contribution in [0.2, 0.25) is 0 Å². The predicted octanol–water partition coefficient (Wildman–Crippen LogP) is 3.35. The lowest BCUT2D eigenvalue weighted by molar-refractivity contribution is -0.230. The first-order chi connectivity index (χ1) is 12.4. The summed E-state index contributed by atoms with van der Waals surface area (Å²) in [6.45, 7) is 6.51. The van der Waals surface area contributed by atoms with Crippen molar-refractivity contribution in [3.8, 4) is 0 Å². The Kier molecular flexibility index (Phi) is 5.77. The quantitative estimate of drug-likeness (QED) is 0.739. The zero-order valence-electron chi connectivity index (χ0n) is 15.8. The third kappa shape index (κ3) is 4.54. The molecule has 1 aromatic rings. The number of ether oxygens (including phenoxy) is 2. The molecule has 10 heteroatoms. The molecule has 0 N–H and O–H groups in total. The molecule has 1 aromatic heterocycles. The Labute approximate surface area is 155 Å². The van der Waals surface area contributed by atoms with E-state index in [1.165, 1.54) is 4.90 Å². The number of alkyl halides is 3. The van der Waals surface area contributed by atoms with Crippen LogP contribution in [-0.4, -0.2) is 58.2 Å². The van der Waals surface area contributed by atoms with E-state index in [0.717, 1.165) is 17.1 Å². The largest absolute Gasteiger partial charge is 0.462 e. The van der Waals surface area contributed by atoms with E-state index in [-0.39, 0.29) is 38.1 Å². The summed E-state index contributed by atoms with van der Waals surface area (Å²) < 4.78 is 52.6. The smallest absolute Gasteiger partial charge is 0.413 e. The van der Waals surface area contributed by atoms with Crippen molar-refractivity contribution in [3.05, 3.63) is 18.0 Å². The van der Waals surface area contributed by atoms with Crippen molar-refractivity contribution in [3.63, 3.8) is 0 Å². The zero-order chi connectivity index (χ0) is 20.5. The van der Waals surface area contributed by atoms with Crippen LogP contribution in [0.15, 0.2) is 12.4 Å². The van der Waals surface area contributed by atoms with E-state index in [2.05, 4.69) is 5.10 Å². The number of rotatable bonds is 3. The van der Waals surface area contributed by atoms with E-state index in [0.29, 0.717) is 0 Å². The maximum atomic E-state index is 13.9. The summed E-state index contributed by atoms with van der Waals surface area (Å²) in [4.78, 5) is 25.1. The molecule has 0 aromatic carbocycles. The highest BCUT2D eigenvalue weighted by molar-refractivity contribution is 5.88. The molecule has 2 heterocycles. The number of halogens is 3. The van der Waals surface area contributed by atoms with Crippen molar-refractivity contribution in [1.29, 1.82) is 0 Å². The van der Waals surface area contributed by atoms with Crippen LogP contribution in [0.5, 0.6) is 0 Å². The van der Waals surface area contributed by atoms with Gasteiger partial charge in [-0.1, -0.05) is 0 Å². The topological polar surface area (TPSA) is 73.7 Å². The minimum Gasteiger partial charge on any atom is -0.462 e. The van der Waals surface area contributed by atoms with Gasteiger partial charge in [0, 0.05) is 19.3 Å². The van der Waals surface area contributed by atoms with E-state index in [1.807, 2.05) is 0 Å². The van der Waals surface area contributed by atoms with Crippen molar-refractivity contribution < 1.29 is 32.2 Å². The van der Waals surface area contributed by atoms with Gasteiger partial charge in [-0.05, 0) is 40.5 Å². The van der Waals surface area contributed by atoms with E-state index < -0.39 is 29.4 Å². The molecule has 0 bridgehead atoms. The average molecular weight is 391 g/mol. The normalized spacial score (nSPS) is 17.5. The van der Waals surface area contributed by atoms with Gasteiger partial charge in [0.15, 0.2) is 5.54 Å². The SMILES string of the molecule is CCOC(=O)c1cnn(C2(C(F)(F)F)CCN(C(=O)OC(C)(C)C)CC2)c1. The van der Waals surface area contributed by atoms with Gasteiger partial charge >= 0.3 is 18.2 Å². The number of hydrogen-bond donors (Lipinski definition) is 0. The average Bonchev–Trinajstić information content (AvgIpc) is 3.03. The van der Waals surface area contributed by atoms with Gasteiger partial charge in [-0.15, -0.1) is 0 Å². The summed E-state index contributed by atoms with van der Waals surface area (Å²) >= 11 is 0. The zero-order valence-corrected chi connectivity index (χ0v) is 15.8. The van der Waals surface area contributed by atoms with E-state index in [4.69, 9.17) is 9.47 Å². The molecular formula is C17H24F3N3O4. The molecule has 0 spiro atoms. The van der Waals surface area contributed by atoms with E-state index in [1.54, 1.807) is 27.7 Å². The standard InChI is InChI=1S/C17H24F3N3O4/c1-5-26-13(24)12-10-21-23(11-12)16(17(18,19)20)6-8-22(9-7-16)14(25)27-15(2,3)4/h10-11H,5-9H2,1-4H3. The first kappa shape index (κ1) is 21.0. The van der Waals surface area contributed by atoms with Gasteiger partial charge in [-0.3, -0.25) is 4.68 Å². The molecule has 1 aliphatic heterocycles. The molecule has 1 amide bonds. The number of hydrogen-bond acceptors (Lipinski definition) is 5. The summed E-state index contributed by atoms with van der Waals surface area (Å²) in [7, 11) is 0. The van der Waals surface area contributed by atoms with Crippen LogP contribution in [0, 0.1) is 0 Å². The first-order valence-corrected chi connectivity index (χ1v) is 8.66. The molecule has 0 unspecified atom stereocenters. The molecule has 0 saturated carbocycles. The molecule has 1 fully saturated rings. The van der Waals surface area contributed by atoms with Gasteiger partial charge in [-0.25, -0.2) is 9.59 Å². The van der Waals surface area contributed by atoms with Crippen molar-refractivity contribution >= 4 is 12.1 Å². The van der Waals surface area contributed by atoms with Crippen LogP contribution in [0.1, 0.15) is 50.9 Å². The Morgan fingerprint density at radius 2 is 1.81 bits per heavy atom. The Morgan fingerprint density at radius 3 is 2.30 bits per heavy atom. The third-order valence-electron chi connectivity index (χ3n) is 4.30. The number of piperidine rings is 1. The number of amides is 1. The van der Waals surface area contributed by atoms with Gasteiger partial charge in [0.1, 0.15) is 5.60 Å². The summed E-state index contributed by atoms with van der Waals surface area (Å²) in [5, 5.41) is 3.77. The van der Waals surface area contributed by atoms with Gasteiger partial charge in [0.2, 0.25) is 0 Å². The van der Waals surface area contributed by atoms with Crippen molar-refractivity contribution in [2.24, 2.45) is 0 Å². The molecule has 152 valence electrons. The maximum Gasteiger partial charge on any atom is 0.413 e. The molecule has 27 heavy (non-hydrogen) atoms. The Bertz CT molecular complexity index is 686. The van der Waals surface area contributed by atoms with Gasteiger partial charge in [0.05, 0.1) is 18.4 Å². The molecule has 0 radical (unpaired) electrons. The first-order valence-electron chi connectivity index (χ1n) is 8.66.